The lowest BCUT2D eigenvalue weighted by Gasteiger charge is -2.39. The normalized spacial score (nSPS) is 27.2. The van der Waals surface area contributed by atoms with Gasteiger partial charge in [-0.05, 0) is 29.8 Å². The summed E-state index contributed by atoms with van der Waals surface area (Å²) in [6.45, 7) is -0.599. The molecule has 0 spiro atoms. The molecule has 1 fully saturated rings. The molecular weight excluding hydrogens is 384 g/mol. The molecule has 0 saturated carbocycles. The van der Waals surface area contributed by atoms with Gasteiger partial charge in [-0.2, -0.15) is 0 Å². The van der Waals surface area contributed by atoms with Crippen LogP contribution < -0.4 is 4.74 Å². The van der Waals surface area contributed by atoms with Gasteiger partial charge in [0.2, 0.25) is 6.29 Å². The number of aromatic hydroxyl groups is 3. The second kappa shape index (κ2) is 8.68. The first kappa shape index (κ1) is 20.9. The summed E-state index contributed by atoms with van der Waals surface area (Å²) in [7, 11) is 0. The number of rotatable bonds is 5. The Hall–Kier alpha value is -2.82. The van der Waals surface area contributed by atoms with Crippen molar-refractivity contribution in [2.45, 2.75) is 30.7 Å². The summed E-state index contributed by atoms with van der Waals surface area (Å²) in [6, 6.07) is 8.23. The van der Waals surface area contributed by atoms with E-state index in [1.807, 2.05) is 0 Å². The van der Waals surface area contributed by atoms with Crippen LogP contribution in [0.5, 0.6) is 23.0 Å². The fourth-order valence-corrected chi connectivity index (χ4v) is 2.95. The van der Waals surface area contributed by atoms with E-state index in [4.69, 9.17) is 9.47 Å². The van der Waals surface area contributed by atoms with E-state index in [-0.39, 0.29) is 23.0 Å². The number of benzene rings is 2. The van der Waals surface area contributed by atoms with Gasteiger partial charge in [0, 0.05) is 17.7 Å². The maximum absolute atomic E-state index is 10.1. The number of phenolic OH excluding ortho intramolecular Hbond substituents is 3. The second-order valence-electron chi connectivity index (χ2n) is 6.65. The summed E-state index contributed by atoms with van der Waals surface area (Å²) < 4.78 is 10.9. The van der Waals surface area contributed by atoms with E-state index in [9.17, 15) is 35.7 Å². The first-order valence-corrected chi connectivity index (χ1v) is 8.80. The molecule has 9 nitrogen and oxygen atoms in total. The van der Waals surface area contributed by atoms with Crippen molar-refractivity contribution in [1.82, 2.24) is 0 Å². The van der Waals surface area contributed by atoms with E-state index in [1.54, 1.807) is 12.2 Å². The summed E-state index contributed by atoms with van der Waals surface area (Å²) in [5, 5.41) is 68.1. The van der Waals surface area contributed by atoms with Crippen LogP contribution in [0.2, 0.25) is 0 Å². The highest BCUT2D eigenvalue weighted by Gasteiger charge is 2.44. The van der Waals surface area contributed by atoms with Gasteiger partial charge in [0.05, 0.1) is 6.61 Å². The zero-order chi connectivity index (χ0) is 21.1. The first-order chi connectivity index (χ1) is 13.8. The Bertz CT molecular complexity index is 860. The zero-order valence-corrected chi connectivity index (χ0v) is 15.2. The standard InChI is InChI=1S/C20H22O9/c21-9-16-17(25)18(26)19(27)20(29-16)28-15-8-12(22)4-3-11(15)2-1-10-5-13(23)7-14(24)6-10/h1-8,16-27H,9H2/b2-1+/t16-,17?,18+,19?,20-/m1/s1. The van der Waals surface area contributed by atoms with Crippen LogP contribution in [-0.4, -0.2) is 73.1 Å². The smallest absolute Gasteiger partial charge is 0.229 e. The van der Waals surface area contributed by atoms with E-state index in [2.05, 4.69) is 0 Å². The third kappa shape index (κ3) is 4.78. The average Bonchev–Trinajstić information content (AvgIpc) is 2.67. The second-order valence-corrected chi connectivity index (χ2v) is 6.65. The number of aliphatic hydroxyl groups is 4. The molecule has 1 aliphatic rings. The third-order valence-corrected chi connectivity index (χ3v) is 4.47. The van der Waals surface area contributed by atoms with Gasteiger partial charge in [0.1, 0.15) is 47.4 Å². The Kier molecular flexibility index (Phi) is 6.26. The lowest BCUT2D eigenvalue weighted by atomic mass is 9.99. The van der Waals surface area contributed by atoms with Gasteiger partial charge < -0.3 is 45.2 Å². The highest BCUT2D eigenvalue weighted by Crippen LogP contribution is 2.31. The fraction of sp³-hybridized carbons (Fsp3) is 0.300. The van der Waals surface area contributed by atoms with Crippen molar-refractivity contribution in [3.63, 3.8) is 0 Å². The van der Waals surface area contributed by atoms with Crippen LogP contribution in [0.25, 0.3) is 12.2 Å². The van der Waals surface area contributed by atoms with Gasteiger partial charge in [-0.1, -0.05) is 12.2 Å². The van der Waals surface area contributed by atoms with E-state index in [0.717, 1.165) is 0 Å². The predicted octanol–water partition coefficient (Wildman–Crippen LogP) is 0.152. The summed E-state index contributed by atoms with van der Waals surface area (Å²) in [6.07, 6.45) is -4.11. The van der Waals surface area contributed by atoms with Gasteiger partial charge >= 0.3 is 0 Å². The lowest BCUT2D eigenvalue weighted by Crippen LogP contribution is -2.60. The van der Waals surface area contributed by atoms with Crippen LogP contribution in [0.1, 0.15) is 11.1 Å². The Labute approximate surface area is 165 Å². The van der Waals surface area contributed by atoms with E-state index >= 15 is 0 Å². The van der Waals surface area contributed by atoms with Gasteiger partial charge in [0.25, 0.3) is 0 Å². The van der Waals surface area contributed by atoms with Crippen LogP contribution in [-0.2, 0) is 4.74 Å². The fourth-order valence-electron chi connectivity index (χ4n) is 2.95. The highest BCUT2D eigenvalue weighted by atomic mass is 16.7. The minimum atomic E-state index is -1.60. The summed E-state index contributed by atoms with van der Waals surface area (Å²) >= 11 is 0. The van der Waals surface area contributed by atoms with Crippen LogP contribution in [0.15, 0.2) is 36.4 Å². The van der Waals surface area contributed by atoms with Crippen LogP contribution in [0.3, 0.4) is 0 Å². The van der Waals surface area contributed by atoms with Crippen LogP contribution >= 0.6 is 0 Å². The van der Waals surface area contributed by atoms with Crippen molar-refractivity contribution in [3.8, 4) is 23.0 Å². The Morgan fingerprint density at radius 3 is 2.17 bits per heavy atom. The van der Waals surface area contributed by atoms with E-state index in [1.165, 1.54) is 36.4 Å². The topological polar surface area (TPSA) is 160 Å². The molecule has 2 unspecified atom stereocenters. The lowest BCUT2D eigenvalue weighted by molar-refractivity contribution is -0.277. The minimum Gasteiger partial charge on any atom is -0.508 e. The average molecular weight is 406 g/mol. The quantitative estimate of drug-likeness (QED) is 0.343. The van der Waals surface area contributed by atoms with Crippen molar-refractivity contribution >= 4 is 12.2 Å². The monoisotopic (exact) mass is 406 g/mol. The molecule has 5 atom stereocenters. The van der Waals surface area contributed by atoms with Crippen molar-refractivity contribution in [3.05, 3.63) is 47.5 Å². The van der Waals surface area contributed by atoms with Crippen molar-refractivity contribution < 1.29 is 45.2 Å². The number of hydrogen-bond acceptors (Lipinski definition) is 9. The van der Waals surface area contributed by atoms with Gasteiger partial charge in [-0.15, -0.1) is 0 Å². The SMILES string of the molecule is OC[C@H]1O[C@@H](Oc2cc(O)ccc2/C=C/c2cc(O)cc(O)c2)C(O)[C@@H](O)C1O. The van der Waals surface area contributed by atoms with Gasteiger partial charge in [-0.3, -0.25) is 0 Å². The van der Waals surface area contributed by atoms with E-state index < -0.39 is 37.3 Å². The van der Waals surface area contributed by atoms with Gasteiger partial charge in [0.15, 0.2) is 0 Å². The molecule has 7 N–H and O–H groups in total. The maximum Gasteiger partial charge on any atom is 0.229 e. The molecule has 0 aliphatic carbocycles. The van der Waals surface area contributed by atoms with Gasteiger partial charge in [-0.25, -0.2) is 0 Å². The van der Waals surface area contributed by atoms with Crippen LogP contribution in [0, 0.1) is 0 Å². The Balaban J connectivity index is 1.86. The number of hydrogen-bond donors (Lipinski definition) is 7. The molecule has 29 heavy (non-hydrogen) atoms. The first-order valence-electron chi connectivity index (χ1n) is 8.80. The maximum atomic E-state index is 10.1. The molecule has 1 aliphatic heterocycles. The minimum absolute atomic E-state index is 0.0926. The van der Waals surface area contributed by atoms with Crippen molar-refractivity contribution in [1.29, 1.82) is 0 Å². The molecule has 0 bridgehead atoms. The molecule has 2 aromatic rings. The summed E-state index contributed by atoms with van der Waals surface area (Å²) in [5.74, 6) is -0.270. The van der Waals surface area contributed by atoms with Crippen molar-refractivity contribution in [2.75, 3.05) is 6.61 Å². The van der Waals surface area contributed by atoms with Crippen molar-refractivity contribution in [2.24, 2.45) is 0 Å². The molecule has 2 aromatic carbocycles. The Morgan fingerprint density at radius 2 is 1.52 bits per heavy atom. The predicted molar refractivity (Wildman–Crippen MR) is 101 cm³/mol. The van der Waals surface area contributed by atoms with Crippen LogP contribution in [0.4, 0.5) is 0 Å². The highest BCUT2D eigenvalue weighted by molar-refractivity contribution is 5.74. The van der Waals surface area contributed by atoms with E-state index in [0.29, 0.717) is 11.1 Å². The molecule has 3 rings (SSSR count). The molecule has 0 amide bonds. The number of phenols is 3. The largest absolute Gasteiger partial charge is 0.508 e. The number of ether oxygens (including phenoxy) is 2. The summed E-state index contributed by atoms with van der Waals surface area (Å²) in [4.78, 5) is 0. The molecule has 1 saturated heterocycles. The molecule has 0 radical (unpaired) electrons. The number of aliphatic hydroxyl groups excluding tert-OH is 4. The zero-order valence-electron chi connectivity index (χ0n) is 15.2. The molecular formula is C20H22O9. The molecule has 1 heterocycles. The summed E-state index contributed by atoms with van der Waals surface area (Å²) in [5.41, 5.74) is 0.942. The third-order valence-electron chi connectivity index (χ3n) is 4.47. The Morgan fingerprint density at radius 1 is 0.828 bits per heavy atom. The molecule has 156 valence electrons. The molecule has 9 heteroatoms. The molecule has 0 aromatic heterocycles.